The molecular weight excluding hydrogens is 148 g/mol. The molecule has 0 atom stereocenters. The summed E-state index contributed by atoms with van der Waals surface area (Å²) in [5.74, 6) is 0.00690. The van der Waals surface area contributed by atoms with Crippen LogP contribution in [0.1, 0.15) is 22.8 Å². The summed E-state index contributed by atoms with van der Waals surface area (Å²) >= 11 is 0. The number of hydrogen-bond acceptors (Lipinski definition) is 1. The first-order valence-corrected chi connectivity index (χ1v) is 4.04. The van der Waals surface area contributed by atoms with E-state index in [1.165, 1.54) is 6.08 Å². The van der Waals surface area contributed by atoms with E-state index in [4.69, 9.17) is 0 Å². The van der Waals surface area contributed by atoms with Crippen LogP contribution >= 0.6 is 0 Å². The summed E-state index contributed by atoms with van der Waals surface area (Å²) in [6.07, 6.45) is 2.24. The average molecular weight is 160 g/mol. The fourth-order valence-electron chi connectivity index (χ4n) is 1.18. The molecule has 1 aromatic carbocycles. The predicted octanol–water partition coefficient (Wildman–Crippen LogP) is 2.62. The Hall–Kier alpha value is -1.37. The molecule has 0 N–H and O–H groups in total. The quantitative estimate of drug-likeness (QED) is 0.490. The van der Waals surface area contributed by atoms with Crippen molar-refractivity contribution in [3.8, 4) is 0 Å². The van der Waals surface area contributed by atoms with Crippen LogP contribution in [0.3, 0.4) is 0 Å². The van der Waals surface area contributed by atoms with Crippen LogP contribution in [-0.4, -0.2) is 5.78 Å². The predicted molar refractivity (Wildman–Crippen MR) is 50.3 cm³/mol. The number of allylic oxidation sites excluding steroid dienone is 1. The molecular formula is C11H12O. The molecule has 0 aliphatic rings. The summed E-state index contributed by atoms with van der Waals surface area (Å²) in [7, 11) is 0. The third kappa shape index (κ3) is 1.62. The second kappa shape index (κ2) is 3.86. The molecule has 0 unspecified atom stereocenters. The van der Waals surface area contributed by atoms with E-state index in [-0.39, 0.29) is 5.78 Å². The maximum absolute atomic E-state index is 11.3. The number of rotatable bonds is 3. The van der Waals surface area contributed by atoms with Crippen LogP contribution in [0, 0.1) is 0 Å². The molecule has 0 saturated carbocycles. The van der Waals surface area contributed by atoms with Crippen LogP contribution in [-0.2, 0) is 6.42 Å². The Balaban J connectivity index is 3.13. The summed E-state index contributed by atoms with van der Waals surface area (Å²) in [6.45, 7) is 5.50. The van der Waals surface area contributed by atoms with Gasteiger partial charge in [-0.25, -0.2) is 0 Å². The molecule has 0 spiro atoms. The Bertz CT molecular complexity index is 300. The summed E-state index contributed by atoms with van der Waals surface area (Å²) in [5.41, 5.74) is 1.86. The third-order valence-corrected chi connectivity index (χ3v) is 1.85. The van der Waals surface area contributed by atoms with Crippen molar-refractivity contribution in [1.82, 2.24) is 0 Å². The van der Waals surface area contributed by atoms with Crippen molar-refractivity contribution >= 4 is 5.78 Å². The van der Waals surface area contributed by atoms with Crippen molar-refractivity contribution < 1.29 is 4.79 Å². The molecule has 0 fully saturated rings. The smallest absolute Gasteiger partial charge is 0.185 e. The highest BCUT2D eigenvalue weighted by Gasteiger charge is 2.04. The lowest BCUT2D eigenvalue weighted by Crippen LogP contribution is -1.98. The van der Waals surface area contributed by atoms with Gasteiger partial charge in [-0.05, 0) is 18.1 Å². The first-order chi connectivity index (χ1) is 5.79. The minimum absolute atomic E-state index is 0.00690. The van der Waals surface area contributed by atoms with Crippen molar-refractivity contribution in [1.29, 1.82) is 0 Å². The minimum Gasteiger partial charge on any atom is -0.289 e. The molecule has 0 aliphatic heterocycles. The maximum Gasteiger partial charge on any atom is 0.185 e. The van der Waals surface area contributed by atoms with Crippen molar-refractivity contribution in [3.05, 3.63) is 48.0 Å². The van der Waals surface area contributed by atoms with Gasteiger partial charge in [0.1, 0.15) is 0 Å². The zero-order chi connectivity index (χ0) is 8.97. The van der Waals surface area contributed by atoms with Crippen molar-refractivity contribution in [3.63, 3.8) is 0 Å². The van der Waals surface area contributed by atoms with Gasteiger partial charge in [0.2, 0.25) is 0 Å². The Morgan fingerprint density at radius 2 is 2.17 bits per heavy atom. The fraction of sp³-hybridized carbons (Fsp3) is 0.182. The lowest BCUT2D eigenvalue weighted by Gasteiger charge is -2.02. The molecule has 0 radical (unpaired) electrons. The lowest BCUT2D eigenvalue weighted by atomic mass is 10.0. The highest BCUT2D eigenvalue weighted by atomic mass is 16.1. The van der Waals surface area contributed by atoms with Crippen molar-refractivity contribution in [2.75, 3.05) is 0 Å². The Kier molecular flexibility index (Phi) is 2.81. The molecule has 1 heteroatoms. The third-order valence-electron chi connectivity index (χ3n) is 1.85. The van der Waals surface area contributed by atoms with Gasteiger partial charge >= 0.3 is 0 Å². The van der Waals surface area contributed by atoms with Crippen LogP contribution < -0.4 is 0 Å². The van der Waals surface area contributed by atoms with Crippen molar-refractivity contribution in [2.45, 2.75) is 13.3 Å². The van der Waals surface area contributed by atoms with Crippen LogP contribution in [0.25, 0.3) is 0 Å². The van der Waals surface area contributed by atoms with Gasteiger partial charge in [-0.2, -0.15) is 0 Å². The molecule has 0 saturated heterocycles. The van der Waals surface area contributed by atoms with E-state index in [1.807, 2.05) is 31.2 Å². The van der Waals surface area contributed by atoms with Gasteiger partial charge in [0.25, 0.3) is 0 Å². The Labute approximate surface area is 72.7 Å². The van der Waals surface area contributed by atoms with Crippen molar-refractivity contribution in [2.24, 2.45) is 0 Å². The Morgan fingerprint density at radius 3 is 2.75 bits per heavy atom. The van der Waals surface area contributed by atoms with E-state index >= 15 is 0 Å². The van der Waals surface area contributed by atoms with E-state index in [1.54, 1.807) is 0 Å². The van der Waals surface area contributed by atoms with E-state index in [0.29, 0.717) is 0 Å². The first kappa shape index (κ1) is 8.72. The molecule has 62 valence electrons. The van der Waals surface area contributed by atoms with E-state index in [2.05, 4.69) is 6.58 Å². The molecule has 0 heterocycles. The van der Waals surface area contributed by atoms with Crippen LogP contribution in [0.5, 0.6) is 0 Å². The molecule has 0 aliphatic carbocycles. The summed E-state index contributed by atoms with van der Waals surface area (Å²) < 4.78 is 0. The fourth-order valence-corrected chi connectivity index (χ4v) is 1.18. The van der Waals surface area contributed by atoms with Gasteiger partial charge < -0.3 is 0 Å². The molecule has 0 bridgehead atoms. The topological polar surface area (TPSA) is 17.1 Å². The molecule has 1 rings (SSSR count). The molecule has 1 aromatic rings. The van der Waals surface area contributed by atoms with Gasteiger partial charge in [0.05, 0.1) is 0 Å². The maximum atomic E-state index is 11.3. The van der Waals surface area contributed by atoms with Gasteiger partial charge in [-0.15, -0.1) is 0 Å². The highest BCUT2D eigenvalue weighted by Crippen LogP contribution is 2.10. The molecule has 0 amide bonds. The second-order valence-electron chi connectivity index (χ2n) is 2.58. The zero-order valence-electron chi connectivity index (χ0n) is 7.21. The second-order valence-corrected chi connectivity index (χ2v) is 2.58. The van der Waals surface area contributed by atoms with Gasteiger partial charge in [0, 0.05) is 5.56 Å². The summed E-state index contributed by atoms with van der Waals surface area (Å²) in [4.78, 5) is 11.3. The largest absolute Gasteiger partial charge is 0.289 e. The van der Waals surface area contributed by atoms with Gasteiger partial charge in [0.15, 0.2) is 5.78 Å². The van der Waals surface area contributed by atoms with Gasteiger partial charge in [-0.1, -0.05) is 37.8 Å². The normalized spacial score (nSPS) is 9.42. The standard InChI is InChI=1S/C11H12O/c1-3-9-7-5-6-8-10(9)11(12)4-2/h4-8H,2-3H2,1H3. The van der Waals surface area contributed by atoms with Gasteiger partial charge in [-0.3, -0.25) is 4.79 Å². The molecule has 0 aromatic heterocycles. The first-order valence-electron chi connectivity index (χ1n) is 4.04. The number of ketones is 1. The lowest BCUT2D eigenvalue weighted by molar-refractivity contribution is 0.104. The number of aryl methyl sites for hydroxylation is 1. The number of hydrogen-bond donors (Lipinski definition) is 0. The number of carbonyl (C=O) groups is 1. The highest BCUT2D eigenvalue weighted by molar-refractivity contribution is 6.05. The zero-order valence-corrected chi connectivity index (χ0v) is 7.21. The summed E-state index contributed by atoms with van der Waals surface area (Å²) in [5, 5.41) is 0. The number of benzene rings is 1. The van der Waals surface area contributed by atoms with E-state index in [9.17, 15) is 4.79 Å². The minimum atomic E-state index is 0.00690. The van der Waals surface area contributed by atoms with Crippen LogP contribution in [0.15, 0.2) is 36.9 Å². The van der Waals surface area contributed by atoms with E-state index < -0.39 is 0 Å². The molecule has 1 nitrogen and oxygen atoms in total. The average Bonchev–Trinajstić information content (AvgIpc) is 2.16. The number of carbonyl (C=O) groups excluding carboxylic acids is 1. The SMILES string of the molecule is C=CC(=O)c1ccccc1CC. The van der Waals surface area contributed by atoms with Crippen LogP contribution in [0.2, 0.25) is 0 Å². The monoisotopic (exact) mass is 160 g/mol. The van der Waals surface area contributed by atoms with Crippen LogP contribution in [0.4, 0.5) is 0 Å². The molecule has 12 heavy (non-hydrogen) atoms. The van der Waals surface area contributed by atoms with E-state index in [0.717, 1.165) is 17.5 Å². The summed E-state index contributed by atoms with van der Waals surface area (Å²) in [6, 6.07) is 7.62. The Morgan fingerprint density at radius 1 is 1.50 bits per heavy atom.